The zero-order chi connectivity index (χ0) is 19.6. The van der Waals surface area contributed by atoms with Crippen LogP contribution in [0.5, 0.6) is 0 Å². The number of unbranched alkanes of at least 4 members (excludes halogenated alkanes) is 15. The van der Waals surface area contributed by atoms with Crippen molar-refractivity contribution in [2.75, 3.05) is 19.6 Å². The molecule has 0 unspecified atom stereocenters. The second-order valence-corrected chi connectivity index (χ2v) is 8.85. The number of amides is 1. The monoisotopic (exact) mass is 380 g/mol. The quantitative estimate of drug-likeness (QED) is 0.278. The summed E-state index contributed by atoms with van der Waals surface area (Å²) in [5.41, 5.74) is 5.45. The van der Waals surface area contributed by atoms with Gasteiger partial charge in [0.05, 0.1) is 5.92 Å². The molecule has 0 aromatic rings. The van der Waals surface area contributed by atoms with Crippen molar-refractivity contribution in [1.82, 2.24) is 4.90 Å². The maximum Gasteiger partial charge on any atom is 0.221 e. The van der Waals surface area contributed by atoms with E-state index in [1.165, 1.54) is 103 Å². The Balaban J connectivity index is 1.76. The van der Waals surface area contributed by atoms with Crippen LogP contribution in [0.3, 0.4) is 0 Å². The molecule has 3 heteroatoms. The zero-order valence-corrected chi connectivity index (χ0v) is 18.4. The van der Waals surface area contributed by atoms with Crippen LogP contribution >= 0.6 is 0 Å². The SMILES string of the molecule is CCCCCCCCCCCCCCCCCCN1CCC[C@@H](C(N)=O)C1. The third-order valence-electron chi connectivity index (χ3n) is 6.24. The average Bonchev–Trinajstić information content (AvgIpc) is 2.68. The standard InChI is InChI=1S/C24H48N2O/c1-2-3-4-5-6-7-8-9-10-11-12-13-14-15-16-17-20-26-21-18-19-23(22-26)24(25)27/h23H,2-22H2,1H3,(H2,25,27)/t23-/m1/s1. The van der Waals surface area contributed by atoms with Gasteiger partial charge < -0.3 is 10.6 Å². The largest absolute Gasteiger partial charge is 0.369 e. The van der Waals surface area contributed by atoms with Crippen molar-refractivity contribution >= 4 is 5.91 Å². The predicted molar refractivity (Wildman–Crippen MR) is 118 cm³/mol. The maximum atomic E-state index is 11.3. The summed E-state index contributed by atoms with van der Waals surface area (Å²) in [5.74, 6) is -0.00789. The first kappa shape index (κ1) is 24.5. The van der Waals surface area contributed by atoms with Crippen molar-refractivity contribution in [2.45, 2.75) is 122 Å². The van der Waals surface area contributed by atoms with E-state index in [4.69, 9.17) is 5.73 Å². The molecule has 1 aliphatic heterocycles. The van der Waals surface area contributed by atoms with E-state index in [-0.39, 0.29) is 11.8 Å². The summed E-state index contributed by atoms with van der Waals surface area (Å²) in [7, 11) is 0. The lowest BCUT2D eigenvalue weighted by Gasteiger charge is -2.31. The molecule has 3 nitrogen and oxygen atoms in total. The fraction of sp³-hybridized carbons (Fsp3) is 0.958. The van der Waals surface area contributed by atoms with Gasteiger partial charge in [0.1, 0.15) is 0 Å². The second-order valence-electron chi connectivity index (χ2n) is 8.85. The lowest BCUT2D eigenvalue weighted by Crippen LogP contribution is -2.41. The molecule has 0 saturated carbocycles. The molecule has 1 rings (SSSR count). The van der Waals surface area contributed by atoms with Crippen LogP contribution in [0.15, 0.2) is 0 Å². The molecule has 1 saturated heterocycles. The topological polar surface area (TPSA) is 46.3 Å². The average molecular weight is 381 g/mol. The molecule has 1 amide bonds. The number of rotatable bonds is 18. The molecular weight excluding hydrogens is 332 g/mol. The summed E-state index contributed by atoms with van der Waals surface area (Å²) in [6, 6.07) is 0. The van der Waals surface area contributed by atoms with Crippen molar-refractivity contribution in [3.05, 3.63) is 0 Å². The number of nitrogens with zero attached hydrogens (tertiary/aromatic N) is 1. The molecule has 0 bridgehead atoms. The minimum Gasteiger partial charge on any atom is -0.369 e. The van der Waals surface area contributed by atoms with E-state index in [1.54, 1.807) is 0 Å². The van der Waals surface area contributed by atoms with Crippen LogP contribution in [0.1, 0.15) is 122 Å². The van der Waals surface area contributed by atoms with Crippen molar-refractivity contribution in [1.29, 1.82) is 0 Å². The van der Waals surface area contributed by atoms with Crippen LogP contribution in [0.4, 0.5) is 0 Å². The number of hydrogen-bond donors (Lipinski definition) is 1. The lowest BCUT2D eigenvalue weighted by molar-refractivity contribution is -0.123. The number of hydrogen-bond acceptors (Lipinski definition) is 2. The first-order valence-corrected chi connectivity index (χ1v) is 12.3. The molecule has 0 aromatic carbocycles. The Kier molecular flexibility index (Phi) is 15.9. The highest BCUT2D eigenvalue weighted by Crippen LogP contribution is 2.17. The van der Waals surface area contributed by atoms with Crippen LogP contribution in [0.2, 0.25) is 0 Å². The number of primary amides is 1. The molecule has 1 fully saturated rings. The van der Waals surface area contributed by atoms with Crippen LogP contribution in [0, 0.1) is 5.92 Å². The van der Waals surface area contributed by atoms with E-state index in [1.807, 2.05) is 0 Å². The number of carbonyl (C=O) groups is 1. The smallest absolute Gasteiger partial charge is 0.221 e. The second kappa shape index (κ2) is 17.5. The van der Waals surface area contributed by atoms with Gasteiger partial charge in [-0.05, 0) is 32.4 Å². The van der Waals surface area contributed by atoms with Crippen molar-refractivity contribution < 1.29 is 4.79 Å². The molecule has 0 spiro atoms. The van der Waals surface area contributed by atoms with E-state index in [0.29, 0.717) is 0 Å². The number of nitrogens with two attached hydrogens (primary N) is 1. The van der Waals surface area contributed by atoms with E-state index in [2.05, 4.69) is 11.8 Å². The highest BCUT2D eigenvalue weighted by Gasteiger charge is 2.23. The molecule has 1 aliphatic rings. The highest BCUT2D eigenvalue weighted by molar-refractivity contribution is 5.76. The van der Waals surface area contributed by atoms with Gasteiger partial charge in [0.15, 0.2) is 0 Å². The Labute approximate surface area is 169 Å². The Morgan fingerprint density at radius 1 is 0.778 bits per heavy atom. The van der Waals surface area contributed by atoms with Gasteiger partial charge in [0.2, 0.25) is 5.91 Å². The third-order valence-corrected chi connectivity index (χ3v) is 6.24. The highest BCUT2D eigenvalue weighted by atomic mass is 16.1. The lowest BCUT2D eigenvalue weighted by atomic mass is 9.97. The van der Waals surface area contributed by atoms with Crippen LogP contribution in [-0.4, -0.2) is 30.4 Å². The van der Waals surface area contributed by atoms with Gasteiger partial charge in [-0.25, -0.2) is 0 Å². The Morgan fingerprint density at radius 2 is 1.22 bits per heavy atom. The van der Waals surface area contributed by atoms with Crippen LogP contribution < -0.4 is 5.73 Å². The Bertz CT molecular complexity index is 345. The molecule has 0 aliphatic carbocycles. The Hall–Kier alpha value is -0.570. The summed E-state index contributed by atoms with van der Waals surface area (Å²) in [5, 5.41) is 0. The summed E-state index contributed by atoms with van der Waals surface area (Å²) in [4.78, 5) is 13.8. The van der Waals surface area contributed by atoms with E-state index < -0.39 is 0 Å². The first-order valence-electron chi connectivity index (χ1n) is 12.3. The summed E-state index contributed by atoms with van der Waals surface area (Å²) < 4.78 is 0. The van der Waals surface area contributed by atoms with Crippen LogP contribution in [-0.2, 0) is 4.79 Å². The van der Waals surface area contributed by atoms with Gasteiger partial charge in [-0.3, -0.25) is 4.79 Å². The Morgan fingerprint density at radius 3 is 1.67 bits per heavy atom. The third kappa shape index (κ3) is 14.1. The molecule has 27 heavy (non-hydrogen) atoms. The van der Waals surface area contributed by atoms with Gasteiger partial charge in [0.25, 0.3) is 0 Å². The molecule has 0 radical (unpaired) electrons. The molecule has 1 atom stereocenters. The van der Waals surface area contributed by atoms with Gasteiger partial charge in [-0.1, -0.05) is 103 Å². The first-order chi connectivity index (χ1) is 13.2. The summed E-state index contributed by atoms with van der Waals surface area (Å²) in [6.07, 6.45) is 24.8. The van der Waals surface area contributed by atoms with Crippen LogP contribution in [0.25, 0.3) is 0 Å². The molecule has 160 valence electrons. The summed E-state index contributed by atoms with van der Waals surface area (Å²) in [6.45, 7) is 5.50. The summed E-state index contributed by atoms with van der Waals surface area (Å²) >= 11 is 0. The number of likely N-dealkylation sites (tertiary alicyclic amines) is 1. The molecule has 2 N–H and O–H groups in total. The molecular formula is C24H48N2O. The maximum absolute atomic E-state index is 11.3. The number of piperidine rings is 1. The predicted octanol–water partition coefficient (Wildman–Crippen LogP) is 6.45. The van der Waals surface area contributed by atoms with Crippen molar-refractivity contribution in [3.63, 3.8) is 0 Å². The van der Waals surface area contributed by atoms with Gasteiger partial charge >= 0.3 is 0 Å². The van der Waals surface area contributed by atoms with Gasteiger partial charge in [-0.2, -0.15) is 0 Å². The van der Waals surface area contributed by atoms with Crippen molar-refractivity contribution in [2.24, 2.45) is 11.7 Å². The molecule has 0 aromatic heterocycles. The normalized spacial score (nSPS) is 18.0. The van der Waals surface area contributed by atoms with E-state index in [9.17, 15) is 4.79 Å². The minimum atomic E-state index is -0.105. The molecule has 1 heterocycles. The minimum absolute atomic E-state index is 0.0970. The van der Waals surface area contributed by atoms with Gasteiger partial charge in [-0.15, -0.1) is 0 Å². The van der Waals surface area contributed by atoms with Crippen molar-refractivity contribution in [3.8, 4) is 0 Å². The fourth-order valence-corrected chi connectivity index (χ4v) is 4.37. The van der Waals surface area contributed by atoms with E-state index >= 15 is 0 Å². The zero-order valence-electron chi connectivity index (χ0n) is 18.4. The fourth-order valence-electron chi connectivity index (χ4n) is 4.37. The van der Waals surface area contributed by atoms with Gasteiger partial charge in [0, 0.05) is 6.54 Å². The van der Waals surface area contributed by atoms with E-state index in [0.717, 1.165) is 32.5 Å². The number of carbonyl (C=O) groups excluding carboxylic acids is 1.